The van der Waals surface area contributed by atoms with Crippen LogP contribution < -0.4 is 26.4 Å². The van der Waals surface area contributed by atoms with E-state index >= 15 is 0 Å². The van der Waals surface area contributed by atoms with Crippen molar-refractivity contribution in [2.24, 2.45) is 5.73 Å². The Morgan fingerprint density at radius 1 is 1.32 bits per heavy atom. The molecule has 0 spiro atoms. The van der Waals surface area contributed by atoms with Gasteiger partial charge in [-0.3, -0.25) is 4.79 Å². The minimum Gasteiger partial charge on any atom is -0.488 e. The Morgan fingerprint density at radius 2 is 1.92 bits per heavy atom. The lowest BCUT2D eigenvalue weighted by Gasteiger charge is -2.22. The second-order valence-corrected chi connectivity index (χ2v) is 6.48. The molecule has 1 aromatic rings. The molecule has 0 saturated carbocycles. The van der Waals surface area contributed by atoms with E-state index in [0.29, 0.717) is 5.02 Å². The number of benzene rings is 1. The highest BCUT2D eigenvalue weighted by molar-refractivity contribution is 6.40. The zero-order valence-electron chi connectivity index (χ0n) is 13.1. The molecule has 0 saturated heterocycles. The highest BCUT2D eigenvalue weighted by Crippen LogP contribution is 2.35. The van der Waals surface area contributed by atoms with Gasteiger partial charge in [0.15, 0.2) is 5.75 Å². The Hall–Kier alpha value is -2.09. The summed E-state index contributed by atoms with van der Waals surface area (Å²) in [6.45, 7) is 5.34. The van der Waals surface area contributed by atoms with Crippen LogP contribution in [0.15, 0.2) is 35.8 Å². The summed E-state index contributed by atoms with van der Waals surface area (Å²) in [5.74, 6) is -0.311. The van der Waals surface area contributed by atoms with Crippen LogP contribution >= 0.6 is 34.8 Å². The zero-order valence-corrected chi connectivity index (χ0v) is 15.4. The van der Waals surface area contributed by atoms with Gasteiger partial charge in [-0.05, 0) is 19.1 Å². The number of nitrogens with one attached hydrogen (secondary N) is 3. The van der Waals surface area contributed by atoms with Gasteiger partial charge in [0, 0.05) is 5.02 Å². The summed E-state index contributed by atoms with van der Waals surface area (Å²) in [4.78, 5) is 23.7. The molecule has 7 nitrogen and oxygen atoms in total. The van der Waals surface area contributed by atoms with Gasteiger partial charge in [-0.15, -0.1) is 0 Å². The molecule has 1 aliphatic heterocycles. The Morgan fingerprint density at radius 3 is 2.52 bits per heavy atom. The highest BCUT2D eigenvalue weighted by atomic mass is 35.5. The van der Waals surface area contributed by atoms with Gasteiger partial charge in [0.05, 0.1) is 27.5 Å². The van der Waals surface area contributed by atoms with Gasteiger partial charge < -0.3 is 26.4 Å². The van der Waals surface area contributed by atoms with Crippen LogP contribution in [0.25, 0.3) is 0 Å². The van der Waals surface area contributed by atoms with Crippen LogP contribution in [-0.2, 0) is 4.79 Å². The first kappa shape index (κ1) is 19.2. The van der Waals surface area contributed by atoms with Crippen molar-refractivity contribution in [2.45, 2.75) is 13.0 Å². The average molecular weight is 406 g/mol. The first-order valence-corrected chi connectivity index (χ1v) is 8.17. The Kier molecular flexibility index (Phi) is 6.05. The van der Waals surface area contributed by atoms with Crippen molar-refractivity contribution in [2.75, 3.05) is 6.61 Å². The van der Waals surface area contributed by atoms with Crippen LogP contribution in [0.3, 0.4) is 0 Å². The van der Waals surface area contributed by atoms with Gasteiger partial charge in [-0.2, -0.15) is 0 Å². The fourth-order valence-corrected chi connectivity index (χ4v) is 2.89. The molecule has 10 heteroatoms. The number of carbonyl (C=O) groups excluding carboxylic acids is 2. The van der Waals surface area contributed by atoms with E-state index in [0.717, 1.165) is 0 Å². The lowest BCUT2D eigenvalue weighted by atomic mass is 10.2. The van der Waals surface area contributed by atoms with Crippen molar-refractivity contribution >= 4 is 46.7 Å². The minimum atomic E-state index is -0.590. The zero-order chi connectivity index (χ0) is 18.7. The molecule has 0 aromatic heterocycles. The standard InChI is InChI=1S/C15H15Cl3N4O3/c1-6(5-25-13-9(17)3-8(16)4-10(13)18)20-14(23)12-11(19)7(2)21-15(24)22-12/h3-4,6H,2,5,19H2,1H3,(H,20,23)(H2,21,22,24)/t6-/m1/s1. The van der Waals surface area contributed by atoms with Crippen LogP contribution in [0.5, 0.6) is 5.75 Å². The first-order valence-electron chi connectivity index (χ1n) is 7.04. The van der Waals surface area contributed by atoms with Gasteiger partial charge in [0.2, 0.25) is 0 Å². The molecule has 1 atom stereocenters. The maximum absolute atomic E-state index is 12.2. The summed E-state index contributed by atoms with van der Waals surface area (Å²) in [5.41, 5.74) is 5.86. The summed E-state index contributed by atoms with van der Waals surface area (Å²) in [6.07, 6.45) is 0. The van der Waals surface area contributed by atoms with Crippen molar-refractivity contribution in [3.05, 3.63) is 50.9 Å². The van der Waals surface area contributed by atoms with E-state index in [4.69, 9.17) is 45.3 Å². The van der Waals surface area contributed by atoms with Crippen molar-refractivity contribution in [1.82, 2.24) is 16.0 Å². The summed E-state index contributed by atoms with van der Waals surface area (Å²) in [7, 11) is 0. The summed E-state index contributed by atoms with van der Waals surface area (Å²) in [5, 5.41) is 8.23. The molecule has 0 fully saturated rings. The van der Waals surface area contributed by atoms with Crippen molar-refractivity contribution in [1.29, 1.82) is 0 Å². The normalized spacial score (nSPS) is 15.4. The smallest absolute Gasteiger partial charge is 0.323 e. The summed E-state index contributed by atoms with van der Waals surface area (Å²) in [6, 6.07) is 1.97. The second kappa shape index (κ2) is 7.86. The Bertz CT molecular complexity index is 756. The lowest BCUT2D eigenvalue weighted by Crippen LogP contribution is -2.49. The highest BCUT2D eigenvalue weighted by Gasteiger charge is 2.24. The number of carbonyl (C=O) groups is 2. The fraction of sp³-hybridized carbons (Fsp3) is 0.200. The van der Waals surface area contributed by atoms with Crippen LogP contribution in [-0.4, -0.2) is 24.6 Å². The van der Waals surface area contributed by atoms with Gasteiger partial charge in [0.25, 0.3) is 5.91 Å². The number of nitrogens with two attached hydrogens (primary N) is 1. The fourth-order valence-electron chi connectivity index (χ4n) is 1.96. The van der Waals surface area contributed by atoms with Crippen molar-refractivity contribution in [3.8, 4) is 5.75 Å². The van der Waals surface area contributed by atoms with Gasteiger partial charge >= 0.3 is 6.03 Å². The van der Waals surface area contributed by atoms with Crippen LogP contribution in [0, 0.1) is 0 Å². The molecule has 1 aromatic carbocycles. The molecule has 25 heavy (non-hydrogen) atoms. The van der Waals surface area contributed by atoms with Crippen LogP contribution in [0.2, 0.25) is 15.1 Å². The predicted octanol–water partition coefficient (Wildman–Crippen LogP) is 2.53. The Labute approximate surface area is 159 Å². The van der Waals surface area contributed by atoms with Gasteiger partial charge in [-0.1, -0.05) is 41.4 Å². The predicted molar refractivity (Wildman–Crippen MR) is 96.6 cm³/mol. The molecule has 0 unspecified atom stereocenters. The monoisotopic (exact) mass is 404 g/mol. The number of urea groups is 1. The number of ether oxygens (including phenoxy) is 1. The van der Waals surface area contributed by atoms with Gasteiger partial charge in [-0.25, -0.2) is 4.79 Å². The van der Waals surface area contributed by atoms with Crippen molar-refractivity contribution < 1.29 is 14.3 Å². The molecule has 0 bridgehead atoms. The quantitative estimate of drug-likeness (QED) is 0.604. The molecule has 1 heterocycles. The number of hydrogen-bond acceptors (Lipinski definition) is 4. The molecule has 134 valence electrons. The van der Waals surface area contributed by atoms with E-state index in [1.165, 1.54) is 12.1 Å². The van der Waals surface area contributed by atoms with E-state index in [1.54, 1.807) is 6.92 Å². The van der Waals surface area contributed by atoms with Crippen LogP contribution in [0.1, 0.15) is 6.92 Å². The molecule has 0 aliphatic carbocycles. The molecule has 3 amide bonds. The van der Waals surface area contributed by atoms with Crippen molar-refractivity contribution in [3.63, 3.8) is 0 Å². The number of rotatable bonds is 5. The summed E-state index contributed by atoms with van der Waals surface area (Å²) >= 11 is 17.9. The topological polar surface area (TPSA) is 105 Å². The number of halogens is 3. The third-order valence-corrected chi connectivity index (χ3v) is 3.92. The minimum absolute atomic E-state index is 0.0500. The molecule has 5 N–H and O–H groups in total. The first-order chi connectivity index (χ1) is 11.7. The van der Waals surface area contributed by atoms with E-state index in [2.05, 4.69) is 22.5 Å². The van der Waals surface area contributed by atoms with E-state index in [9.17, 15) is 9.59 Å². The maximum atomic E-state index is 12.2. The van der Waals surface area contributed by atoms with E-state index in [-0.39, 0.29) is 39.5 Å². The van der Waals surface area contributed by atoms with Gasteiger partial charge in [0.1, 0.15) is 12.3 Å². The molecular formula is C15H15Cl3N4O3. The maximum Gasteiger partial charge on any atom is 0.323 e. The SMILES string of the molecule is C=C1NC(=O)NC(C(=O)N[C@H](C)COc2c(Cl)cc(Cl)cc2Cl)=C1N. The third-order valence-electron chi connectivity index (χ3n) is 3.14. The molecular weight excluding hydrogens is 391 g/mol. The van der Waals surface area contributed by atoms with E-state index in [1.807, 2.05) is 0 Å². The average Bonchev–Trinajstić information content (AvgIpc) is 2.49. The molecule has 0 radical (unpaired) electrons. The number of amides is 3. The third kappa shape index (κ3) is 4.72. The lowest BCUT2D eigenvalue weighted by molar-refractivity contribution is -0.118. The van der Waals surface area contributed by atoms with E-state index < -0.39 is 18.0 Å². The number of hydrogen-bond donors (Lipinski definition) is 4. The Balaban J connectivity index is 2.00. The second-order valence-electron chi connectivity index (χ2n) is 5.23. The molecule has 1 aliphatic rings. The summed E-state index contributed by atoms with van der Waals surface area (Å²) < 4.78 is 5.54. The van der Waals surface area contributed by atoms with Crippen LogP contribution in [0.4, 0.5) is 4.79 Å². The molecule has 2 rings (SSSR count). The largest absolute Gasteiger partial charge is 0.488 e.